The molecule has 1 aromatic carbocycles. The lowest BCUT2D eigenvalue weighted by Gasteiger charge is -2.27. The Labute approximate surface area is 126 Å². The summed E-state index contributed by atoms with van der Waals surface area (Å²) in [4.78, 5) is 11.7. The average molecular weight is 299 g/mol. The second-order valence-corrected chi connectivity index (χ2v) is 5.13. The summed E-state index contributed by atoms with van der Waals surface area (Å²) in [5.41, 5.74) is 6.50. The van der Waals surface area contributed by atoms with E-state index in [1.54, 1.807) is 0 Å². The van der Waals surface area contributed by atoms with Gasteiger partial charge in [0.05, 0.1) is 6.10 Å². The van der Waals surface area contributed by atoms with Crippen LogP contribution >= 0.6 is 12.4 Å². The van der Waals surface area contributed by atoms with Gasteiger partial charge in [-0.05, 0) is 25.3 Å². The molecule has 1 amide bonds. The normalized spacial score (nSPS) is 15.7. The molecule has 0 heterocycles. The van der Waals surface area contributed by atoms with Gasteiger partial charge in [-0.25, -0.2) is 0 Å². The van der Waals surface area contributed by atoms with Gasteiger partial charge in [0.2, 0.25) is 5.91 Å². The lowest BCUT2D eigenvalue weighted by atomic mass is 9.96. The first-order valence-corrected chi connectivity index (χ1v) is 6.93. The molecular formula is C15H23ClN2O2. The topological polar surface area (TPSA) is 64.4 Å². The van der Waals surface area contributed by atoms with E-state index in [1.165, 1.54) is 6.42 Å². The minimum absolute atomic E-state index is 0. The van der Waals surface area contributed by atoms with Crippen LogP contribution < -0.4 is 15.8 Å². The zero-order valence-electron chi connectivity index (χ0n) is 11.8. The van der Waals surface area contributed by atoms with E-state index >= 15 is 0 Å². The van der Waals surface area contributed by atoms with Gasteiger partial charge in [0.25, 0.3) is 0 Å². The molecule has 4 nitrogen and oxygen atoms in total. The molecule has 0 saturated heterocycles. The van der Waals surface area contributed by atoms with Crippen LogP contribution in [0.3, 0.4) is 0 Å². The summed E-state index contributed by atoms with van der Waals surface area (Å²) in [5.74, 6) is 0.716. The van der Waals surface area contributed by atoms with Crippen LogP contribution in [0, 0.1) is 5.92 Å². The number of hydrogen-bond acceptors (Lipinski definition) is 3. The molecular weight excluding hydrogens is 276 g/mol. The van der Waals surface area contributed by atoms with Crippen molar-refractivity contribution in [2.24, 2.45) is 11.7 Å². The van der Waals surface area contributed by atoms with E-state index in [-0.39, 0.29) is 24.2 Å². The highest BCUT2D eigenvalue weighted by atomic mass is 35.5. The van der Waals surface area contributed by atoms with Crippen LogP contribution in [0.25, 0.3) is 0 Å². The molecule has 3 N–H and O–H groups in total. The van der Waals surface area contributed by atoms with Crippen LogP contribution in [0.5, 0.6) is 5.75 Å². The number of benzene rings is 1. The van der Waals surface area contributed by atoms with Crippen molar-refractivity contribution >= 4 is 18.3 Å². The number of carbonyl (C=O) groups excluding carboxylic acids is 1. The van der Waals surface area contributed by atoms with Crippen LogP contribution in [0.1, 0.15) is 31.7 Å². The molecule has 5 heteroatoms. The standard InChI is InChI=1S/C15H22N2O2.ClH/c1-11(9-16)15(18)17-10-12-5-2-3-8-14(12)19-13-6-4-7-13;/h2-3,5,8,11,13H,4,6-7,9-10,16H2,1H3,(H,17,18);1H. The van der Waals surface area contributed by atoms with Crippen molar-refractivity contribution in [3.05, 3.63) is 29.8 Å². The number of para-hydroxylation sites is 1. The maximum Gasteiger partial charge on any atom is 0.224 e. The van der Waals surface area contributed by atoms with Gasteiger partial charge in [0.15, 0.2) is 0 Å². The lowest BCUT2D eigenvalue weighted by Crippen LogP contribution is -2.33. The third kappa shape index (κ3) is 4.39. The van der Waals surface area contributed by atoms with E-state index in [0.717, 1.165) is 24.2 Å². The second kappa shape index (κ2) is 8.12. The van der Waals surface area contributed by atoms with Crippen LogP contribution in [0.2, 0.25) is 0 Å². The Morgan fingerprint density at radius 1 is 1.45 bits per heavy atom. The molecule has 1 fully saturated rings. The molecule has 1 aliphatic rings. The fourth-order valence-electron chi connectivity index (χ4n) is 1.90. The Balaban J connectivity index is 0.00000200. The second-order valence-electron chi connectivity index (χ2n) is 5.13. The van der Waals surface area contributed by atoms with Crippen molar-refractivity contribution in [3.8, 4) is 5.75 Å². The Morgan fingerprint density at radius 2 is 2.15 bits per heavy atom. The number of carbonyl (C=O) groups is 1. The van der Waals surface area contributed by atoms with Crippen LogP contribution in [-0.2, 0) is 11.3 Å². The molecule has 1 unspecified atom stereocenters. The summed E-state index contributed by atoms with van der Waals surface area (Å²) in [6.45, 7) is 2.68. The zero-order valence-corrected chi connectivity index (χ0v) is 12.6. The SMILES string of the molecule is CC(CN)C(=O)NCc1ccccc1OC1CCC1.Cl. The fourth-order valence-corrected chi connectivity index (χ4v) is 1.90. The van der Waals surface area contributed by atoms with Crippen molar-refractivity contribution < 1.29 is 9.53 Å². The number of amides is 1. The summed E-state index contributed by atoms with van der Waals surface area (Å²) >= 11 is 0. The summed E-state index contributed by atoms with van der Waals surface area (Å²) in [6.07, 6.45) is 3.85. The molecule has 1 atom stereocenters. The quantitative estimate of drug-likeness (QED) is 0.846. The highest BCUT2D eigenvalue weighted by Gasteiger charge is 2.20. The van der Waals surface area contributed by atoms with Gasteiger partial charge in [-0.1, -0.05) is 25.1 Å². The van der Waals surface area contributed by atoms with Crippen LogP contribution in [0.15, 0.2) is 24.3 Å². The smallest absolute Gasteiger partial charge is 0.224 e. The van der Waals surface area contributed by atoms with Crippen molar-refractivity contribution in [2.45, 2.75) is 38.8 Å². The molecule has 2 rings (SSSR count). The Hall–Kier alpha value is -1.26. The third-order valence-corrected chi connectivity index (χ3v) is 3.57. The minimum atomic E-state index is -0.153. The number of nitrogens with two attached hydrogens (primary N) is 1. The molecule has 1 aliphatic carbocycles. The highest BCUT2D eigenvalue weighted by Crippen LogP contribution is 2.27. The van der Waals surface area contributed by atoms with Gasteiger partial charge in [-0.15, -0.1) is 12.4 Å². The first kappa shape index (κ1) is 16.8. The van der Waals surface area contributed by atoms with E-state index < -0.39 is 0 Å². The van der Waals surface area contributed by atoms with E-state index in [4.69, 9.17) is 10.5 Å². The monoisotopic (exact) mass is 298 g/mol. The third-order valence-electron chi connectivity index (χ3n) is 3.57. The Bertz CT molecular complexity index is 436. The number of halogens is 1. The molecule has 0 spiro atoms. The summed E-state index contributed by atoms with van der Waals surface area (Å²) in [7, 11) is 0. The van der Waals surface area contributed by atoms with Gasteiger partial charge in [0, 0.05) is 24.6 Å². The molecule has 0 aromatic heterocycles. The largest absolute Gasteiger partial charge is 0.490 e. The maximum absolute atomic E-state index is 11.7. The molecule has 1 saturated carbocycles. The summed E-state index contributed by atoms with van der Waals surface area (Å²) in [6, 6.07) is 7.87. The fraction of sp³-hybridized carbons (Fsp3) is 0.533. The van der Waals surface area contributed by atoms with Gasteiger partial charge in [0.1, 0.15) is 5.75 Å². The van der Waals surface area contributed by atoms with Crippen LogP contribution in [-0.4, -0.2) is 18.6 Å². The van der Waals surface area contributed by atoms with E-state index in [1.807, 2.05) is 31.2 Å². The Kier molecular flexibility index (Phi) is 6.82. The zero-order chi connectivity index (χ0) is 13.7. The van der Waals surface area contributed by atoms with E-state index in [9.17, 15) is 4.79 Å². The first-order chi connectivity index (χ1) is 9.20. The molecule has 20 heavy (non-hydrogen) atoms. The Morgan fingerprint density at radius 3 is 2.75 bits per heavy atom. The highest BCUT2D eigenvalue weighted by molar-refractivity contribution is 5.85. The summed E-state index contributed by atoms with van der Waals surface area (Å²) < 4.78 is 5.92. The van der Waals surface area contributed by atoms with E-state index in [0.29, 0.717) is 19.2 Å². The van der Waals surface area contributed by atoms with Gasteiger partial charge in [-0.3, -0.25) is 4.79 Å². The molecule has 1 aromatic rings. The van der Waals surface area contributed by atoms with Crippen molar-refractivity contribution in [1.82, 2.24) is 5.32 Å². The molecule has 0 bridgehead atoms. The lowest BCUT2D eigenvalue weighted by molar-refractivity contribution is -0.124. The van der Waals surface area contributed by atoms with Gasteiger partial charge in [-0.2, -0.15) is 0 Å². The van der Waals surface area contributed by atoms with Crippen molar-refractivity contribution in [2.75, 3.05) is 6.54 Å². The molecule has 112 valence electrons. The number of nitrogens with one attached hydrogen (secondary N) is 1. The van der Waals surface area contributed by atoms with Gasteiger partial charge >= 0.3 is 0 Å². The molecule has 0 radical (unpaired) electrons. The van der Waals surface area contributed by atoms with Crippen LogP contribution in [0.4, 0.5) is 0 Å². The van der Waals surface area contributed by atoms with Gasteiger partial charge < -0.3 is 15.8 Å². The van der Waals surface area contributed by atoms with Crippen molar-refractivity contribution in [3.63, 3.8) is 0 Å². The van der Waals surface area contributed by atoms with Crippen molar-refractivity contribution in [1.29, 1.82) is 0 Å². The summed E-state index contributed by atoms with van der Waals surface area (Å²) in [5, 5.41) is 2.90. The number of hydrogen-bond donors (Lipinski definition) is 2. The first-order valence-electron chi connectivity index (χ1n) is 6.93. The number of rotatable bonds is 6. The maximum atomic E-state index is 11.7. The van der Waals surface area contributed by atoms with E-state index in [2.05, 4.69) is 5.32 Å². The number of ether oxygens (including phenoxy) is 1. The predicted molar refractivity (Wildman–Crippen MR) is 82.0 cm³/mol. The minimum Gasteiger partial charge on any atom is -0.490 e. The molecule has 0 aliphatic heterocycles. The predicted octanol–water partition coefficient (Wildman–Crippen LogP) is 2.25. The average Bonchev–Trinajstić information content (AvgIpc) is 2.40.